The number of nitrogen functional groups attached to an aromatic ring is 2. The van der Waals surface area contributed by atoms with Gasteiger partial charge in [-0.3, -0.25) is 10.1 Å². The van der Waals surface area contributed by atoms with Gasteiger partial charge in [0.1, 0.15) is 11.6 Å². The van der Waals surface area contributed by atoms with Crippen LogP contribution in [0.4, 0.5) is 17.3 Å². The van der Waals surface area contributed by atoms with Gasteiger partial charge in [0.2, 0.25) is 0 Å². The lowest BCUT2D eigenvalue weighted by Gasteiger charge is -2.04. The minimum absolute atomic E-state index is 0.0157. The highest BCUT2D eigenvalue weighted by Gasteiger charge is 2.11. The first kappa shape index (κ1) is 14.4. The Bertz CT molecular complexity index is 647. The summed E-state index contributed by atoms with van der Waals surface area (Å²) in [6, 6.07) is 5.71. The van der Waals surface area contributed by atoms with E-state index in [-0.39, 0.29) is 17.3 Å². The van der Waals surface area contributed by atoms with Gasteiger partial charge in [0.15, 0.2) is 5.16 Å². The molecule has 0 amide bonds. The van der Waals surface area contributed by atoms with Crippen molar-refractivity contribution in [3.8, 4) is 0 Å². The molecule has 0 aliphatic carbocycles. The number of anilines is 2. The number of rotatable bonds is 4. The number of hydrogen-bond acceptors (Lipinski definition) is 7. The van der Waals surface area contributed by atoms with E-state index in [2.05, 4.69) is 9.97 Å². The summed E-state index contributed by atoms with van der Waals surface area (Å²) in [6.45, 7) is 0. The Hall–Kier alpha value is -2.06. The SMILES string of the molecule is Nc1cc(N)nc(SCc2cc([N+](=O)[O-])ccc2Cl)n1. The summed E-state index contributed by atoms with van der Waals surface area (Å²) in [4.78, 5) is 18.3. The maximum absolute atomic E-state index is 10.7. The van der Waals surface area contributed by atoms with Crippen LogP contribution in [0.3, 0.4) is 0 Å². The monoisotopic (exact) mass is 311 g/mol. The number of benzene rings is 1. The molecule has 1 aromatic heterocycles. The second kappa shape index (κ2) is 5.93. The van der Waals surface area contributed by atoms with Crippen LogP contribution in [0, 0.1) is 10.1 Å². The molecule has 2 rings (SSSR count). The molecule has 7 nitrogen and oxygen atoms in total. The van der Waals surface area contributed by atoms with Gasteiger partial charge in [0.25, 0.3) is 5.69 Å². The molecule has 104 valence electrons. The molecule has 0 aliphatic heterocycles. The van der Waals surface area contributed by atoms with Gasteiger partial charge in [0, 0.05) is 29.0 Å². The molecule has 0 bridgehead atoms. The predicted molar refractivity (Wildman–Crippen MR) is 78.5 cm³/mol. The van der Waals surface area contributed by atoms with Gasteiger partial charge in [-0.05, 0) is 11.6 Å². The van der Waals surface area contributed by atoms with Crippen LogP contribution in [0.5, 0.6) is 0 Å². The maximum atomic E-state index is 10.7. The normalized spacial score (nSPS) is 10.4. The molecular formula is C11H10ClN5O2S. The highest BCUT2D eigenvalue weighted by molar-refractivity contribution is 7.98. The molecule has 0 saturated carbocycles. The fourth-order valence-electron chi connectivity index (χ4n) is 1.45. The van der Waals surface area contributed by atoms with Gasteiger partial charge < -0.3 is 11.5 Å². The maximum Gasteiger partial charge on any atom is 0.269 e. The molecule has 0 aliphatic rings. The number of nitro benzene ring substituents is 1. The van der Waals surface area contributed by atoms with Crippen molar-refractivity contribution in [2.24, 2.45) is 0 Å². The lowest BCUT2D eigenvalue weighted by atomic mass is 10.2. The minimum Gasteiger partial charge on any atom is -0.383 e. The van der Waals surface area contributed by atoms with E-state index in [4.69, 9.17) is 23.1 Å². The van der Waals surface area contributed by atoms with Crippen LogP contribution in [0.2, 0.25) is 5.02 Å². The Morgan fingerprint density at radius 2 is 1.90 bits per heavy atom. The number of halogens is 1. The summed E-state index contributed by atoms with van der Waals surface area (Å²) < 4.78 is 0. The number of aromatic nitrogens is 2. The number of nitrogens with zero attached hydrogens (tertiary/aromatic N) is 3. The molecule has 0 spiro atoms. The van der Waals surface area contributed by atoms with Crippen LogP contribution in [0.1, 0.15) is 5.56 Å². The number of non-ortho nitro benzene ring substituents is 1. The van der Waals surface area contributed by atoms with Crippen molar-refractivity contribution in [1.29, 1.82) is 0 Å². The van der Waals surface area contributed by atoms with Gasteiger partial charge in [-0.2, -0.15) is 0 Å². The highest BCUT2D eigenvalue weighted by atomic mass is 35.5. The largest absolute Gasteiger partial charge is 0.383 e. The third kappa shape index (κ3) is 3.49. The quantitative estimate of drug-likeness (QED) is 0.385. The van der Waals surface area contributed by atoms with E-state index in [0.29, 0.717) is 21.5 Å². The molecule has 0 fully saturated rings. The Kier molecular flexibility index (Phi) is 4.26. The molecule has 4 N–H and O–H groups in total. The minimum atomic E-state index is -0.473. The summed E-state index contributed by atoms with van der Waals surface area (Å²) in [7, 11) is 0. The zero-order valence-electron chi connectivity index (χ0n) is 10.1. The molecule has 20 heavy (non-hydrogen) atoms. The Morgan fingerprint density at radius 1 is 1.25 bits per heavy atom. The van der Waals surface area contributed by atoms with Crippen LogP contribution < -0.4 is 11.5 Å². The van der Waals surface area contributed by atoms with Crippen molar-refractivity contribution in [3.63, 3.8) is 0 Å². The standard InChI is InChI=1S/C11H10ClN5O2S/c12-8-2-1-7(17(18)19)3-6(8)5-20-11-15-9(13)4-10(14)16-11/h1-4H,5H2,(H4,13,14,15,16). The van der Waals surface area contributed by atoms with E-state index in [0.717, 1.165) is 0 Å². The number of hydrogen-bond donors (Lipinski definition) is 2. The van der Waals surface area contributed by atoms with Crippen molar-refractivity contribution in [2.45, 2.75) is 10.9 Å². The van der Waals surface area contributed by atoms with Crippen molar-refractivity contribution >= 4 is 40.7 Å². The third-order valence-electron chi connectivity index (χ3n) is 2.34. The number of nitro groups is 1. The van der Waals surface area contributed by atoms with Crippen molar-refractivity contribution < 1.29 is 4.92 Å². The second-order valence-electron chi connectivity index (χ2n) is 3.82. The van der Waals surface area contributed by atoms with E-state index < -0.39 is 4.92 Å². The van der Waals surface area contributed by atoms with E-state index in [1.165, 1.54) is 36.0 Å². The molecule has 0 atom stereocenters. The zero-order valence-corrected chi connectivity index (χ0v) is 11.7. The molecule has 0 unspecified atom stereocenters. The van der Waals surface area contributed by atoms with E-state index in [1.807, 2.05) is 0 Å². The van der Waals surface area contributed by atoms with Gasteiger partial charge >= 0.3 is 0 Å². The first-order valence-electron chi connectivity index (χ1n) is 5.41. The van der Waals surface area contributed by atoms with Gasteiger partial charge in [-0.15, -0.1) is 0 Å². The molecule has 0 radical (unpaired) electrons. The smallest absolute Gasteiger partial charge is 0.269 e. The summed E-state index contributed by atoms with van der Waals surface area (Å²) >= 11 is 7.25. The van der Waals surface area contributed by atoms with Crippen molar-refractivity contribution in [2.75, 3.05) is 11.5 Å². The average molecular weight is 312 g/mol. The average Bonchev–Trinajstić information content (AvgIpc) is 2.36. The zero-order chi connectivity index (χ0) is 14.7. The van der Waals surface area contributed by atoms with Crippen LogP contribution >= 0.6 is 23.4 Å². The van der Waals surface area contributed by atoms with Crippen LogP contribution in [0.15, 0.2) is 29.4 Å². The lowest BCUT2D eigenvalue weighted by Crippen LogP contribution is -1.99. The Labute approximate surface area is 123 Å². The Balaban J connectivity index is 2.18. The van der Waals surface area contributed by atoms with Gasteiger partial charge in [-0.25, -0.2) is 9.97 Å². The van der Waals surface area contributed by atoms with E-state index >= 15 is 0 Å². The third-order valence-corrected chi connectivity index (χ3v) is 3.61. The van der Waals surface area contributed by atoms with Gasteiger partial charge in [-0.1, -0.05) is 23.4 Å². The van der Waals surface area contributed by atoms with E-state index in [9.17, 15) is 10.1 Å². The van der Waals surface area contributed by atoms with Crippen molar-refractivity contribution in [1.82, 2.24) is 9.97 Å². The first-order chi connectivity index (χ1) is 9.45. The molecule has 1 aromatic carbocycles. The lowest BCUT2D eigenvalue weighted by molar-refractivity contribution is -0.384. The van der Waals surface area contributed by atoms with Crippen LogP contribution in [-0.2, 0) is 5.75 Å². The number of thioether (sulfide) groups is 1. The number of nitrogens with two attached hydrogens (primary N) is 2. The molecule has 0 saturated heterocycles. The van der Waals surface area contributed by atoms with E-state index in [1.54, 1.807) is 0 Å². The molecule has 9 heteroatoms. The Morgan fingerprint density at radius 3 is 2.50 bits per heavy atom. The van der Waals surface area contributed by atoms with Crippen LogP contribution in [-0.4, -0.2) is 14.9 Å². The first-order valence-corrected chi connectivity index (χ1v) is 6.77. The summed E-state index contributed by atoms with van der Waals surface area (Å²) in [5.41, 5.74) is 11.7. The molecule has 2 aromatic rings. The fourth-order valence-corrected chi connectivity index (χ4v) is 2.58. The second-order valence-corrected chi connectivity index (χ2v) is 5.17. The molecule has 1 heterocycles. The van der Waals surface area contributed by atoms with Gasteiger partial charge in [0.05, 0.1) is 4.92 Å². The van der Waals surface area contributed by atoms with Crippen molar-refractivity contribution in [3.05, 3.63) is 45.0 Å². The summed E-state index contributed by atoms with van der Waals surface area (Å²) in [5.74, 6) is 0.916. The summed E-state index contributed by atoms with van der Waals surface area (Å²) in [5, 5.41) is 11.6. The molecular weight excluding hydrogens is 302 g/mol. The fraction of sp³-hybridized carbons (Fsp3) is 0.0909. The topological polar surface area (TPSA) is 121 Å². The predicted octanol–water partition coefficient (Wildman–Crippen LogP) is 2.49. The summed E-state index contributed by atoms with van der Waals surface area (Å²) in [6.07, 6.45) is 0. The highest BCUT2D eigenvalue weighted by Crippen LogP contribution is 2.28. The van der Waals surface area contributed by atoms with Crippen LogP contribution in [0.25, 0.3) is 0 Å².